The first-order valence-electron chi connectivity index (χ1n) is 10.1. The van der Waals surface area contributed by atoms with E-state index < -0.39 is 11.3 Å². The lowest BCUT2D eigenvalue weighted by Crippen LogP contribution is -2.51. The Bertz CT molecular complexity index is 709. The van der Waals surface area contributed by atoms with Crippen LogP contribution >= 0.6 is 23.5 Å². The molecule has 3 rings (SSSR count). The van der Waals surface area contributed by atoms with Gasteiger partial charge in [-0.05, 0) is 76.7 Å². The Morgan fingerprint density at radius 1 is 1.21 bits per heavy atom. The largest absolute Gasteiger partial charge is 0.497 e. The summed E-state index contributed by atoms with van der Waals surface area (Å²) in [6.45, 7) is 10.1. The van der Waals surface area contributed by atoms with E-state index in [4.69, 9.17) is 14.2 Å². The molecule has 2 aliphatic heterocycles. The van der Waals surface area contributed by atoms with Gasteiger partial charge in [0.1, 0.15) is 17.1 Å². The molecule has 0 unspecified atom stereocenters. The van der Waals surface area contributed by atoms with Gasteiger partial charge < -0.3 is 14.2 Å². The molecule has 0 bridgehead atoms. The van der Waals surface area contributed by atoms with E-state index in [0.717, 1.165) is 23.7 Å². The molecular weight excluding hydrogens is 406 g/mol. The molecule has 0 aliphatic carbocycles. The van der Waals surface area contributed by atoms with Crippen LogP contribution < -0.4 is 4.74 Å². The van der Waals surface area contributed by atoms with E-state index >= 15 is 0 Å². The third kappa shape index (κ3) is 5.17. The highest BCUT2D eigenvalue weighted by atomic mass is 32.2. The zero-order valence-corrected chi connectivity index (χ0v) is 20.0. The molecule has 162 valence electrons. The lowest BCUT2D eigenvalue weighted by molar-refractivity contribution is -0.0627. The molecule has 2 fully saturated rings. The molecule has 0 aromatic heterocycles. The molecule has 1 aromatic carbocycles. The summed E-state index contributed by atoms with van der Waals surface area (Å²) in [6, 6.07) is 8.31. The number of rotatable bonds is 4. The second kappa shape index (κ2) is 8.60. The van der Waals surface area contributed by atoms with Crippen LogP contribution in [-0.4, -0.2) is 53.6 Å². The predicted octanol–water partition coefficient (Wildman–Crippen LogP) is 5.48. The van der Waals surface area contributed by atoms with E-state index in [9.17, 15) is 4.79 Å². The summed E-state index contributed by atoms with van der Waals surface area (Å²) in [4.78, 5) is 14.9. The predicted molar refractivity (Wildman–Crippen MR) is 121 cm³/mol. The van der Waals surface area contributed by atoms with Gasteiger partial charge in [0, 0.05) is 0 Å². The van der Waals surface area contributed by atoms with Crippen molar-refractivity contribution >= 4 is 29.6 Å². The van der Waals surface area contributed by atoms with E-state index in [1.165, 1.54) is 12.0 Å². The molecule has 1 aromatic rings. The van der Waals surface area contributed by atoms with Crippen LogP contribution in [0.3, 0.4) is 0 Å². The van der Waals surface area contributed by atoms with Crippen molar-refractivity contribution in [2.24, 2.45) is 0 Å². The van der Waals surface area contributed by atoms with Crippen molar-refractivity contribution in [3.05, 3.63) is 29.8 Å². The number of thioether (sulfide) groups is 2. The van der Waals surface area contributed by atoms with Gasteiger partial charge in [0.2, 0.25) is 0 Å². The standard InChI is InChI=1S/C22H33NO4S2/c1-20(2,3)27-19(24)23-17(15-26-21(23,4)5)14-22(28-12-7-13-29-22)16-8-10-18(25-6)11-9-16/h8-11,17H,7,12-15H2,1-6H3/t17-/m1/s1. The first-order valence-corrected chi connectivity index (χ1v) is 12.1. The van der Waals surface area contributed by atoms with Gasteiger partial charge in [-0.25, -0.2) is 4.79 Å². The fourth-order valence-electron chi connectivity index (χ4n) is 3.85. The van der Waals surface area contributed by atoms with Crippen LogP contribution in [0.2, 0.25) is 0 Å². The van der Waals surface area contributed by atoms with Crippen LogP contribution in [0, 0.1) is 0 Å². The fraction of sp³-hybridized carbons (Fsp3) is 0.682. The van der Waals surface area contributed by atoms with E-state index in [1.807, 2.05) is 70.3 Å². The van der Waals surface area contributed by atoms with Crippen molar-refractivity contribution in [2.75, 3.05) is 25.2 Å². The number of carbonyl (C=O) groups excluding carboxylic acids is 1. The summed E-state index contributed by atoms with van der Waals surface area (Å²) >= 11 is 3.96. The molecule has 0 N–H and O–H groups in total. The molecule has 2 heterocycles. The maximum atomic E-state index is 13.0. The number of nitrogens with zero attached hydrogens (tertiary/aromatic N) is 1. The van der Waals surface area contributed by atoms with Crippen LogP contribution in [0.25, 0.3) is 0 Å². The highest BCUT2D eigenvalue weighted by Crippen LogP contribution is 2.54. The van der Waals surface area contributed by atoms with Crippen molar-refractivity contribution < 1.29 is 19.0 Å². The first-order chi connectivity index (χ1) is 13.6. The van der Waals surface area contributed by atoms with Crippen LogP contribution in [-0.2, 0) is 13.6 Å². The Labute approximate surface area is 183 Å². The third-order valence-corrected chi connectivity index (χ3v) is 8.59. The van der Waals surface area contributed by atoms with E-state index in [0.29, 0.717) is 6.61 Å². The molecule has 0 saturated carbocycles. The lowest BCUT2D eigenvalue weighted by Gasteiger charge is -2.41. The van der Waals surface area contributed by atoms with Gasteiger partial charge in [-0.3, -0.25) is 4.90 Å². The van der Waals surface area contributed by atoms with Gasteiger partial charge >= 0.3 is 6.09 Å². The number of ether oxygens (including phenoxy) is 3. The van der Waals surface area contributed by atoms with Crippen molar-refractivity contribution in [1.29, 1.82) is 0 Å². The Morgan fingerprint density at radius 3 is 2.38 bits per heavy atom. The van der Waals surface area contributed by atoms with E-state index in [1.54, 1.807) is 12.0 Å². The minimum atomic E-state index is -0.682. The van der Waals surface area contributed by atoms with Crippen molar-refractivity contribution in [2.45, 2.75) is 68.9 Å². The van der Waals surface area contributed by atoms with Crippen molar-refractivity contribution in [3.8, 4) is 5.75 Å². The monoisotopic (exact) mass is 439 g/mol. The molecule has 0 radical (unpaired) electrons. The number of amides is 1. The maximum absolute atomic E-state index is 13.0. The normalized spacial score (nSPS) is 23.7. The first kappa shape index (κ1) is 22.6. The Morgan fingerprint density at radius 2 is 1.83 bits per heavy atom. The molecular formula is C22H33NO4S2. The zero-order chi connectivity index (χ0) is 21.3. The van der Waals surface area contributed by atoms with Crippen LogP contribution in [0.15, 0.2) is 24.3 Å². The summed E-state index contributed by atoms with van der Waals surface area (Å²) in [6.07, 6.45) is 1.72. The average Bonchev–Trinajstić information content (AvgIpc) is 2.95. The quantitative estimate of drug-likeness (QED) is 0.619. The number of carbonyl (C=O) groups is 1. The Hall–Kier alpha value is -1.05. The van der Waals surface area contributed by atoms with Crippen LogP contribution in [0.1, 0.15) is 53.0 Å². The minimum absolute atomic E-state index is 0.0416. The van der Waals surface area contributed by atoms with Gasteiger partial charge in [0.25, 0.3) is 0 Å². The average molecular weight is 440 g/mol. The topological polar surface area (TPSA) is 48.0 Å². The number of benzene rings is 1. The summed E-state index contributed by atoms with van der Waals surface area (Å²) < 4.78 is 17.0. The van der Waals surface area contributed by atoms with Crippen LogP contribution in [0.4, 0.5) is 4.79 Å². The second-order valence-corrected chi connectivity index (χ2v) is 12.0. The van der Waals surface area contributed by atoms with Gasteiger partial charge in [-0.15, -0.1) is 23.5 Å². The zero-order valence-electron chi connectivity index (χ0n) is 18.3. The number of hydrogen-bond donors (Lipinski definition) is 0. The highest BCUT2D eigenvalue weighted by molar-refractivity contribution is 8.18. The van der Waals surface area contributed by atoms with E-state index in [-0.39, 0.29) is 16.2 Å². The third-order valence-electron chi connectivity index (χ3n) is 5.16. The Kier molecular flexibility index (Phi) is 6.71. The molecule has 7 heteroatoms. The summed E-state index contributed by atoms with van der Waals surface area (Å²) in [5.41, 5.74) is 0.0438. The highest BCUT2D eigenvalue weighted by Gasteiger charge is 2.49. The van der Waals surface area contributed by atoms with Gasteiger partial charge in [-0.2, -0.15) is 0 Å². The number of hydrogen-bond acceptors (Lipinski definition) is 6. The number of methoxy groups -OCH3 is 1. The maximum Gasteiger partial charge on any atom is 0.412 e. The van der Waals surface area contributed by atoms with Crippen molar-refractivity contribution in [3.63, 3.8) is 0 Å². The molecule has 5 nitrogen and oxygen atoms in total. The van der Waals surface area contributed by atoms with Gasteiger partial charge in [-0.1, -0.05) is 12.1 Å². The molecule has 1 atom stereocenters. The van der Waals surface area contributed by atoms with Crippen molar-refractivity contribution in [1.82, 2.24) is 4.90 Å². The fourth-order valence-corrected chi connectivity index (χ4v) is 7.33. The van der Waals surface area contributed by atoms with Gasteiger partial charge in [0.05, 0.1) is 23.8 Å². The Balaban J connectivity index is 1.88. The SMILES string of the molecule is COc1ccc(C2(C[C@@H]3COC(C)(C)N3C(=O)OC(C)(C)C)SCCCS2)cc1. The minimum Gasteiger partial charge on any atom is -0.497 e. The van der Waals surface area contributed by atoms with E-state index in [2.05, 4.69) is 12.1 Å². The molecule has 29 heavy (non-hydrogen) atoms. The smallest absolute Gasteiger partial charge is 0.412 e. The second-order valence-electron chi connectivity index (χ2n) is 9.00. The molecule has 0 spiro atoms. The molecule has 2 aliphatic rings. The lowest BCUT2D eigenvalue weighted by atomic mass is 10.0. The van der Waals surface area contributed by atoms with Crippen LogP contribution in [0.5, 0.6) is 5.75 Å². The summed E-state index contributed by atoms with van der Waals surface area (Å²) in [7, 11) is 1.69. The van der Waals surface area contributed by atoms with Gasteiger partial charge in [0.15, 0.2) is 0 Å². The molecule has 2 saturated heterocycles. The summed E-state index contributed by atoms with van der Waals surface area (Å²) in [5, 5.41) is 0. The summed E-state index contributed by atoms with van der Waals surface area (Å²) in [5.74, 6) is 3.08. The molecule has 1 amide bonds.